The monoisotopic (exact) mass is 891 g/mol. The van der Waals surface area contributed by atoms with Gasteiger partial charge in [-0.1, -0.05) is 285 Å². The van der Waals surface area contributed by atoms with E-state index in [2.05, 4.69) is 27.7 Å². The van der Waals surface area contributed by atoms with Crippen LogP contribution in [0.25, 0.3) is 0 Å². The summed E-state index contributed by atoms with van der Waals surface area (Å²) in [6.07, 6.45) is 55.2. The molecule has 2 atom stereocenters. The highest BCUT2D eigenvalue weighted by Crippen LogP contribution is 2.18. The number of ether oxygens (including phenoxy) is 3. The van der Waals surface area contributed by atoms with Crippen molar-refractivity contribution in [3.8, 4) is 0 Å². The topological polar surface area (TPSA) is 78.9 Å². The molecule has 0 aliphatic carbocycles. The van der Waals surface area contributed by atoms with E-state index in [9.17, 15) is 14.4 Å². The van der Waals surface area contributed by atoms with Crippen molar-refractivity contribution >= 4 is 17.9 Å². The Hall–Kier alpha value is -1.59. The molecule has 0 rings (SSSR count). The number of rotatable bonds is 52. The lowest BCUT2D eigenvalue weighted by atomic mass is 9.99. The van der Waals surface area contributed by atoms with E-state index in [4.69, 9.17) is 14.2 Å². The van der Waals surface area contributed by atoms with Gasteiger partial charge in [0, 0.05) is 19.3 Å². The van der Waals surface area contributed by atoms with Gasteiger partial charge in [0.15, 0.2) is 6.10 Å². The van der Waals surface area contributed by atoms with E-state index < -0.39 is 6.10 Å². The number of esters is 3. The van der Waals surface area contributed by atoms with Crippen LogP contribution >= 0.6 is 0 Å². The van der Waals surface area contributed by atoms with Crippen molar-refractivity contribution in [3.05, 3.63) is 0 Å². The fraction of sp³-hybridized carbons (Fsp3) is 0.947. The van der Waals surface area contributed by atoms with Crippen LogP contribution in [0.15, 0.2) is 0 Å². The molecule has 0 spiro atoms. The molecular formula is C57H110O6. The Kier molecular flexibility index (Phi) is 50.1. The molecule has 0 aromatic carbocycles. The van der Waals surface area contributed by atoms with Crippen LogP contribution in [-0.2, 0) is 28.6 Å². The van der Waals surface area contributed by atoms with Crippen molar-refractivity contribution in [2.75, 3.05) is 13.2 Å². The summed E-state index contributed by atoms with van der Waals surface area (Å²) in [6, 6.07) is 0. The molecule has 6 heteroatoms. The van der Waals surface area contributed by atoms with Crippen molar-refractivity contribution in [1.82, 2.24) is 0 Å². The second-order valence-electron chi connectivity index (χ2n) is 19.8. The highest BCUT2D eigenvalue weighted by Gasteiger charge is 2.19. The second kappa shape index (κ2) is 51.4. The van der Waals surface area contributed by atoms with Crippen LogP contribution in [-0.4, -0.2) is 37.2 Å². The fourth-order valence-corrected chi connectivity index (χ4v) is 8.72. The first-order chi connectivity index (χ1) is 30.9. The Bertz CT molecular complexity index is 951. The van der Waals surface area contributed by atoms with Gasteiger partial charge in [0.25, 0.3) is 0 Å². The number of hydrogen-bond donors (Lipinski definition) is 0. The van der Waals surface area contributed by atoms with Crippen LogP contribution in [0.2, 0.25) is 0 Å². The summed E-state index contributed by atoms with van der Waals surface area (Å²) in [7, 11) is 0. The summed E-state index contributed by atoms with van der Waals surface area (Å²) in [6.45, 7) is 9.06. The zero-order valence-corrected chi connectivity index (χ0v) is 43.0. The minimum absolute atomic E-state index is 0.0624. The van der Waals surface area contributed by atoms with Crippen molar-refractivity contribution in [3.63, 3.8) is 0 Å². The Labute approximate surface area is 393 Å². The van der Waals surface area contributed by atoms with Gasteiger partial charge < -0.3 is 14.2 Å². The first-order valence-corrected chi connectivity index (χ1v) is 28.4. The first-order valence-electron chi connectivity index (χ1n) is 28.4. The minimum Gasteiger partial charge on any atom is -0.462 e. The summed E-state index contributed by atoms with van der Waals surface area (Å²) in [5.74, 6) is 0.00886. The van der Waals surface area contributed by atoms with Crippen molar-refractivity contribution in [2.45, 2.75) is 329 Å². The molecule has 0 aliphatic heterocycles. The van der Waals surface area contributed by atoms with Crippen LogP contribution in [0.4, 0.5) is 0 Å². The van der Waals surface area contributed by atoms with Crippen LogP contribution in [0.5, 0.6) is 0 Å². The highest BCUT2D eigenvalue weighted by molar-refractivity contribution is 5.71. The van der Waals surface area contributed by atoms with Gasteiger partial charge in [-0.05, 0) is 25.2 Å². The SMILES string of the molecule is CCCCCCCCCCCCCCCCCCCCC(=O)OC[C@@H](COC(=O)CCCCCCCCCCC(C)CC)OC(=O)CCCCCCCCCCCCCCCCC. The fourth-order valence-electron chi connectivity index (χ4n) is 8.72. The predicted molar refractivity (Wildman–Crippen MR) is 270 cm³/mol. The summed E-state index contributed by atoms with van der Waals surface area (Å²) in [5, 5.41) is 0. The lowest BCUT2D eigenvalue weighted by Gasteiger charge is -2.18. The van der Waals surface area contributed by atoms with Crippen LogP contribution < -0.4 is 0 Å². The molecule has 0 aromatic heterocycles. The normalized spacial score (nSPS) is 12.4. The summed E-state index contributed by atoms with van der Waals surface area (Å²) >= 11 is 0. The molecule has 0 saturated carbocycles. The number of unbranched alkanes of at least 4 members (excludes halogenated alkanes) is 38. The third-order valence-electron chi connectivity index (χ3n) is 13.4. The number of hydrogen-bond acceptors (Lipinski definition) is 6. The van der Waals surface area contributed by atoms with E-state index in [1.807, 2.05) is 0 Å². The van der Waals surface area contributed by atoms with Crippen molar-refractivity contribution in [1.29, 1.82) is 0 Å². The first kappa shape index (κ1) is 61.4. The van der Waals surface area contributed by atoms with Gasteiger partial charge in [-0.25, -0.2) is 0 Å². The van der Waals surface area contributed by atoms with E-state index in [-0.39, 0.29) is 31.1 Å². The summed E-state index contributed by atoms with van der Waals surface area (Å²) in [4.78, 5) is 38.1. The molecule has 0 amide bonds. The lowest BCUT2D eigenvalue weighted by molar-refractivity contribution is -0.167. The van der Waals surface area contributed by atoms with Crippen molar-refractivity contribution < 1.29 is 28.6 Å². The average Bonchev–Trinajstić information content (AvgIpc) is 3.28. The molecule has 0 radical (unpaired) electrons. The minimum atomic E-state index is -0.762. The Morgan fingerprint density at radius 2 is 0.556 bits per heavy atom. The molecule has 374 valence electrons. The average molecular weight is 892 g/mol. The van der Waals surface area contributed by atoms with Gasteiger partial charge in [-0.15, -0.1) is 0 Å². The molecule has 0 aliphatic rings. The van der Waals surface area contributed by atoms with E-state index in [1.54, 1.807) is 0 Å². The highest BCUT2D eigenvalue weighted by atomic mass is 16.6. The largest absolute Gasteiger partial charge is 0.462 e. The Morgan fingerprint density at radius 3 is 0.825 bits per heavy atom. The molecule has 0 fully saturated rings. The second-order valence-corrected chi connectivity index (χ2v) is 19.8. The van der Waals surface area contributed by atoms with Crippen LogP contribution in [0.3, 0.4) is 0 Å². The lowest BCUT2D eigenvalue weighted by Crippen LogP contribution is -2.30. The molecule has 0 saturated heterocycles. The molecule has 0 bridgehead atoms. The predicted octanol–water partition coefficient (Wildman–Crippen LogP) is 18.6. The van der Waals surface area contributed by atoms with Gasteiger partial charge in [0.05, 0.1) is 0 Å². The third kappa shape index (κ3) is 49.7. The molecule has 0 aromatic rings. The van der Waals surface area contributed by atoms with E-state index in [0.717, 1.165) is 63.7 Å². The maximum Gasteiger partial charge on any atom is 0.306 e. The standard InChI is InChI=1S/C57H110O6/c1-5-8-10-12-14-16-18-20-22-23-24-26-27-29-31-36-40-44-48-55(58)61-51-54(52-62-56(59)49-45-41-37-34-33-35-39-43-47-53(4)7-3)63-57(60)50-46-42-38-32-30-28-25-21-19-17-15-13-11-9-6-2/h53-54H,5-52H2,1-4H3/t53?,54-/m0/s1. The molecule has 0 N–H and O–H groups in total. The quantitative estimate of drug-likeness (QED) is 0.0344. The molecule has 63 heavy (non-hydrogen) atoms. The maximum absolute atomic E-state index is 12.8. The zero-order chi connectivity index (χ0) is 45.9. The summed E-state index contributed by atoms with van der Waals surface area (Å²) in [5.41, 5.74) is 0. The summed E-state index contributed by atoms with van der Waals surface area (Å²) < 4.78 is 16.9. The van der Waals surface area contributed by atoms with Gasteiger partial charge in [-0.2, -0.15) is 0 Å². The molecule has 6 nitrogen and oxygen atoms in total. The van der Waals surface area contributed by atoms with Crippen LogP contribution in [0.1, 0.15) is 323 Å². The molecule has 0 heterocycles. The van der Waals surface area contributed by atoms with E-state index in [1.165, 1.54) is 218 Å². The smallest absolute Gasteiger partial charge is 0.306 e. The Balaban J connectivity index is 4.28. The number of carbonyl (C=O) groups excluding carboxylic acids is 3. The third-order valence-corrected chi connectivity index (χ3v) is 13.4. The maximum atomic E-state index is 12.8. The number of carbonyl (C=O) groups is 3. The van der Waals surface area contributed by atoms with Gasteiger partial charge >= 0.3 is 17.9 Å². The van der Waals surface area contributed by atoms with Gasteiger partial charge in [0.2, 0.25) is 0 Å². The van der Waals surface area contributed by atoms with Gasteiger partial charge in [0.1, 0.15) is 13.2 Å². The molecular weight excluding hydrogens is 781 g/mol. The van der Waals surface area contributed by atoms with E-state index in [0.29, 0.717) is 19.3 Å². The Morgan fingerprint density at radius 1 is 0.317 bits per heavy atom. The van der Waals surface area contributed by atoms with Crippen molar-refractivity contribution in [2.24, 2.45) is 5.92 Å². The van der Waals surface area contributed by atoms with Gasteiger partial charge in [-0.3, -0.25) is 14.4 Å². The van der Waals surface area contributed by atoms with Crippen LogP contribution in [0, 0.1) is 5.92 Å². The zero-order valence-electron chi connectivity index (χ0n) is 43.0. The van der Waals surface area contributed by atoms with E-state index >= 15 is 0 Å². The molecule has 1 unspecified atom stereocenters.